The van der Waals surface area contributed by atoms with Gasteiger partial charge in [-0.25, -0.2) is 0 Å². The lowest BCUT2D eigenvalue weighted by Gasteiger charge is -2.19. The quantitative estimate of drug-likeness (QED) is 0.650. The molecule has 0 amide bonds. The molecule has 1 aliphatic heterocycles. The van der Waals surface area contributed by atoms with Crippen molar-refractivity contribution < 1.29 is 13.6 Å². The van der Waals surface area contributed by atoms with Crippen LogP contribution in [0.5, 0.6) is 0 Å². The van der Waals surface area contributed by atoms with E-state index in [1.165, 1.54) is 0 Å². The van der Waals surface area contributed by atoms with E-state index in [0.717, 1.165) is 0 Å². The van der Waals surface area contributed by atoms with Crippen LogP contribution in [0.2, 0.25) is 0 Å². The summed E-state index contributed by atoms with van der Waals surface area (Å²) in [4.78, 5) is 0. The Morgan fingerprint density at radius 1 is 1.15 bits per heavy atom. The van der Waals surface area contributed by atoms with Crippen LogP contribution in [0.3, 0.4) is 0 Å². The molecule has 0 unspecified atom stereocenters. The first-order valence-corrected chi connectivity index (χ1v) is 5.74. The van der Waals surface area contributed by atoms with Gasteiger partial charge < -0.3 is 13.6 Å². The van der Waals surface area contributed by atoms with Crippen molar-refractivity contribution in [3.63, 3.8) is 0 Å². The summed E-state index contributed by atoms with van der Waals surface area (Å²) >= 11 is 0. The topological polar surface area (TPSA) is 27.7 Å². The van der Waals surface area contributed by atoms with E-state index >= 15 is 0 Å². The second kappa shape index (κ2) is 4.22. The van der Waals surface area contributed by atoms with Gasteiger partial charge in [-0.05, 0) is 19.3 Å². The summed E-state index contributed by atoms with van der Waals surface area (Å²) in [5.41, 5.74) is 0.171. The van der Waals surface area contributed by atoms with Crippen LogP contribution in [0, 0.1) is 5.41 Å². The van der Waals surface area contributed by atoms with Crippen molar-refractivity contribution in [1.82, 2.24) is 0 Å². The maximum atomic E-state index is 5.53. The lowest BCUT2D eigenvalue weighted by Crippen LogP contribution is -2.13. The van der Waals surface area contributed by atoms with Crippen molar-refractivity contribution in [2.75, 3.05) is 6.61 Å². The average molecular weight is 206 g/mol. The molecule has 1 saturated heterocycles. The van der Waals surface area contributed by atoms with Crippen LogP contribution in [0.15, 0.2) is 0 Å². The smallest absolute Gasteiger partial charge is 0.312 e. The molecule has 1 fully saturated rings. The molecule has 0 saturated carbocycles. The summed E-state index contributed by atoms with van der Waals surface area (Å²) in [6, 6.07) is 0. The Morgan fingerprint density at radius 3 is 2.00 bits per heavy atom. The van der Waals surface area contributed by atoms with E-state index in [2.05, 4.69) is 20.8 Å². The minimum absolute atomic E-state index is 0.158. The highest BCUT2D eigenvalue weighted by molar-refractivity contribution is 7.42. The Bertz CT molecular complexity index is 157. The van der Waals surface area contributed by atoms with E-state index in [1.54, 1.807) is 0 Å². The molecular formula is C9H19O3P. The first-order chi connectivity index (χ1) is 5.88. The Kier molecular flexibility index (Phi) is 3.70. The highest BCUT2D eigenvalue weighted by atomic mass is 31.2. The molecule has 78 valence electrons. The number of hydrogen-bond donors (Lipinski definition) is 0. The molecule has 0 N–H and O–H groups in total. The monoisotopic (exact) mass is 206 g/mol. The molecule has 0 aromatic rings. The minimum atomic E-state index is -1.09. The van der Waals surface area contributed by atoms with Gasteiger partial charge in [0.1, 0.15) is 0 Å². The van der Waals surface area contributed by atoms with Gasteiger partial charge in [0, 0.05) is 0 Å². The van der Waals surface area contributed by atoms with Crippen molar-refractivity contribution in [3.05, 3.63) is 0 Å². The molecule has 13 heavy (non-hydrogen) atoms. The zero-order valence-corrected chi connectivity index (χ0v) is 9.93. The van der Waals surface area contributed by atoms with Gasteiger partial charge in [-0.1, -0.05) is 20.8 Å². The zero-order chi connectivity index (χ0) is 10.1. The van der Waals surface area contributed by atoms with Crippen molar-refractivity contribution in [3.8, 4) is 0 Å². The van der Waals surface area contributed by atoms with Gasteiger partial charge in [0.2, 0.25) is 0 Å². The Labute approximate surface area is 81.8 Å². The average Bonchev–Trinajstić information content (AvgIpc) is 2.27. The highest BCUT2D eigenvalue weighted by Crippen LogP contribution is 2.49. The van der Waals surface area contributed by atoms with E-state index in [-0.39, 0.29) is 17.6 Å². The fourth-order valence-electron chi connectivity index (χ4n) is 0.775. The second-order valence-corrected chi connectivity index (χ2v) is 5.81. The zero-order valence-electron chi connectivity index (χ0n) is 9.03. The first kappa shape index (κ1) is 11.4. The third-order valence-electron chi connectivity index (χ3n) is 1.77. The molecule has 1 heterocycles. The molecule has 3 nitrogen and oxygen atoms in total. The molecule has 1 rings (SSSR count). The molecule has 0 aromatic heterocycles. The second-order valence-electron chi connectivity index (χ2n) is 4.68. The summed E-state index contributed by atoms with van der Waals surface area (Å²) < 4.78 is 16.5. The van der Waals surface area contributed by atoms with Crippen molar-refractivity contribution in [2.45, 2.75) is 46.8 Å². The maximum absolute atomic E-state index is 5.53. The normalized spacial score (nSPS) is 31.2. The SMILES string of the molecule is C[C@@H]1OP(OCC(C)(C)C)O[C@H]1C. The minimum Gasteiger partial charge on any atom is -0.312 e. The largest absolute Gasteiger partial charge is 0.333 e. The molecule has 1 aliphatic rings. The predicted octanol–water partition coefficient (Wildman–Crippen LogP) is 3.10. The lowest BCUT2D eigenvalue weighted by atomic mass is 9.99. The molecule has 2 atom stereocenters. The number of rotatable bonds is 2. The van der Waals surface area contributed by atoms with Crippen LogP contribution >= 0.6 is 8.60 Å². The fourth-order valence-corrected chi connectivity index (χ4v) is 2.32. The van der Waals surface area contributed by atoms with Gasteiger partial charge >= 0.3 is 8.60 Å². The molecule has 0 spiro atoms. The summed E-state index contributed by atoms with van der Waals surface area (Å²) in [5.74, 6) is 0. The summed E-state index contributed by atoms with van der Waals surface area (Å²) in [5, 5.41) is 0. The van der Waals surface area contributed by atoms with Crippen molar-refractivity contribution in [2.24, 2.45) is 5.41 Å². The first-order valence-electron chi connectivity index (χ1n) is 4.65. The van der Waals surface area contributed by atoms with E-state index in [9.17, 15) is 0 Å². The van der Waals surface area contributed by atoms with Crippen LogP contribution in [0.1, 0.15) is 34.6 Å². The van der Waals surface area contributed by atoms with Crippen LogP contribution in [-0.4, -0.2) is 18.8 Å². The third kappa shape index (κ3) is 3.90. The molecule has 0 radical (unpaired) electrons. The van der Waals surface area contributed by atoms with E-state index < -0.39 is 8.60 Å². The van der Waals surface area contributed by atoms with E-state index in [4.69, 9.17) is 13.6 Å². The van der Waals surface area contributed by atoms with Gasteiger partial charge in [-0.15, -0.1) is 0 Å². The molecule has 0 aromatic carbocycles. The summed E-state index contributed by atoms with van der Waals surface area (Å²) in [6.07, 6.45) is 0.317. The van der Waals surface area contributed by atoms with Crippen LogP contribution in [-0.2, 0) is 13.6 Å². The highest BCUT2D eigenvalue weighted by Gasteiger charge is 2.32. The van der Waals surface area contributed by atoms with Gasteiger partial charge in [-0.2, -0.15) is 0 Å². The van der Waals surface area contributed by atoms with E-state index in [0.29, 0.717) is 6.61 Å². The van der Waals surface area contributed by atoms with Crippen LogP contribution < -0.4 is 0 Å². The molecule has 0 bridgehead atoms. The Balaban J connectivity index is 2.25. The summed E-state index contributed by atoms with van der Waals surface area (Å²) in [7, 11) is -1.09. The maximum Gasteiger partial charge on any atom is 0.333 e. The van der Waals surface area contributed by atoms with Crippen LogP contribution in [0.25, 0.3) is 0 Å². The Hall–Kier alpha value is 0.310. The molecule has 0 aliphatic carbocycles. The van der Waals surface area contributed by atoms with Crippen LogP contribution in [0.4, 0.5) is 0 Å². The van der Waals surface area contributed by atoms with E-state index in [1.807, 2.05) is 13.8 Å². The van der Waals surface area contributed by atoms with Crippen molar-refractivity contribution >= 4 is 8.60 Å². The lowest BCUT2D eigenvalue weighted by molar-refractivity contribution is 0.163. The number of hydrogen-bond acceptors (Lipinski definition) is 3. The van der Waals surface area contributed by atoms with Gasteiger partial charge in [0.05, 0.1) is 18.8 Å². The molecule has 4 heteroatoms. The third-order valence-corrected chi connectivity index (χ3v) is 3.12. The molecular weight excluding hydrogens is 187 g/mol. The fraction of sp³-hybridized carbons (Fsp3) is 1.00. The van der Waals surface area contributed by atoms with Crippen molar-refractivity contribution in [1.29, 1.82) is 0 Å². The Morgan fingerprint density at radius 2 is 1.62 bits per heavy atom. The van der Waals surface area contributed by atoms with Gasteiger partial charge in [0.25, 0.3) is 0 Å². The van der Waals surface area contributed by atoms with Gasteiger partial charge in [0.15, 0.2) is 0 Å². The predicted molar refractivity (Wildman–Crippen MR) is 53.4 cm³/mol. The van der Waals surface area contributed by atoms with Gasteiger partial charge in [-0.3, -0.25) is 0 Å². The summed E-state index contributed by atoms with van der Waals surface area (Å²) in [6.45, 7) is 11.1. The standard InChI is InChI=1S/C9H19O3P/c1-7-8(2)12-13(11-7)10-6-9(3,4)5/h7-8H,6H2,1-5H3/t7-,8-/m0/s1.